The summed E-state index contributed by atoms with van der Waals surface area (Å²) in [6.45, 7) is 1.97. The van der Waals surface area contributed by atoms with E-state index < -0.39 is 0 Å². The number of nitrogens with zero attached hydrogens (tertiary/aromatic N) is 4. The van der Waals surface area contributed by atoms with E-state index >= 15 is 0 Å². The molecule has 130 valence electrons. The Morgan fingerprint density at radius 2 is 1.85 bits per heavy atom. The van der Waals surface area contributed by atoms with Crippen LogP contribution in [0.15, 0.2) is 54.9 Å². The van der Waals surface area contributed by atoms with E-state index in [9.17, 15) is 8.78 Å². The van der Waals surface area contributed by atoms with Crippen LogP contribution in [0.25, 0.3) is 16.9 Å². The van der Waals surface area contributed by atoms with Crippen LogP contribution < -0.4 is 5.32 Å². The summed E-state index contributed by atoms with van der Waals surface area (Å²) >= 11 is 0. The maximum Gasteiger partial charge on any atom is 0.159 e. The SMILES string of the molecule is CCc1nc2ccc(F)cc2n1-c1cncc(Nc2cccc(F)c2)n1. The van der Waals surface area contributed by atoms with E-state index in [0.717, 1.165) is 5.82 Å². The summed E-state index contributed by atoms with van der Waals surface area (Å²) in [5.74, 6) is 1.03. The Hall–Kier alpha value is -3.35. The molecule has 0 amide bonds. The molecule has 0 aliphatic heterocycles. The molecule has 2 heterocycles. The van der Waals surface area contributed by atoms with Crippen molar-refractivity contribution in [1.29, 1.82) is 0 Å². The number of aryl methyl sites for hydroxylation is 1. The summed E-state index contributed by atoms with van der Waals surface area (Å²) in [7, 11) is 0. The number of hydrogen-bond donors (Lipinski definition) is 1. The highest BCUT2D eigenvalue weighted by molar-refractivity contribution is 5.78. The molecule has 4 aromatic rings. The second-order valence-corrected chi connectivity index (χ2v) is 5.75. The number of rotatable bonds is 4. The van der Waals surface area contributed by atoms with Gasteiger partial charge in [-0.05, 0) is 30.3 Å². The molecule has 0 radical (unpaired) electrons. The molecule has 0 aliphatic carbocycles. The molecule has 0 aliphatic rings. The number of hydrogen-bond acceptors (Lipinski definition) is 4. The van der Waals surface area contributed by atoms with Gasteiger partial charge in [0.25, 0.3) is 0 Å². The van der Waals surface area contributed by atoms with Crippen LogP contribution in [-0.4, -0.2) is 19.5 Å². The lowest BCUT2D eigenvalue weighted by Gasteiger charge is -2.10. The molecule has 0 saturated heterocycles. The first-order valence-electron chi connectivity index (χ1n) is 8.16. The molecular formula is C19H15F2N5. The van der Waals surface area contributed by atoms with Crippen molar-refractivity contribution in [3.63, 3.8) is 0 Å². The van der Waals surface area contributed by atoms with Crippen molar-refractivity contribution in [1.82, 2.24) is 19.5 Å². The van der Waals surface area contributed by atoms with Gasteiger partial charge in [0.1, 0.15) is 17.5 Å². The molecule has 0 spiro atoms. The first-order valence-corrected chi connectivity index (χ1v) is 8.16. The summed E-state index contributed by atoms with van der Waals surface area (Å²) in [4.78, 5) is 13.3. The predicted molar refractivity (Wildman–Crippen MR) is 95.7 cm³/mol. The largest absolute Gasteiger partial charge is 0.339 e. The van der Waals surface area contributed by atoms with Gasteiger partial charge in [-0.25, -0.2) is 18.7 Å². The van der Waals surface area contributed by atoms with Crippen LogP contribution in [0.1, 0.15) is 12.7 Å². The molecule has 26 heavy (non-hydrogen) atoms. The van der Waals surface area contributed by atoms with Gasteiger partial charge in [-0.2, -0.15) is 0 Å². The first-order chi connectivity index (χ1) is 12.6. The van der Waals surface area contributed by atoms with E-state index in [1.54, 1.807) is 35.2 Å². The van der Waals surface area contributed by atoms with Gasteiger partial charge in [-0.15, -0.1) is 0 Å². The monoisotopic (exact) mass is 351 g/mol. The van der Waals surface area contributed by atoms with Gasteiger partial charge in [-0.1, -0.05) is 13.0 Å². The Bertz CT molecular complexity index is 1090. The van der Waals surface area contributed by atoms with Crippen molar-refractivity contribution >= 4 is 22.5 Å². The number of aromatic nitrogens is 4. The molecule has 5 nitrogen and oxygen atoms in total. The van der Waals surface area contributed by atoms with Gasteiger partial charge in [0.05, 0.1) is 23.4 Å². The maximum atomic E-state index is 13.7. The van der Waals surface area contributed by atoms with Crippen molar-refractivity contribution in [2.75, 3.05) is 5.32 Å². The average Bonchev–Trinajstić information content (AvgIpc) is 2.99. The third-order valence-corrected chi connectivity index (χ3v) is 3.95. The average molecular weight is 351 g/mol. The molecule has 0 saturated carbocycles. The lowest BCUT2D eigenvalue weighted by molar-refractivity contribution is 0.628. The molecule has 0 fully saturated rings. The fourth-order valence-corrected chi connectivity index (χ4v) is 2.83. The molecule has 2 aromatic carbocycles. The van der Waals surface area contributed by atoms with Crippen molar-refractivity contribution in [2.45, 2.75) is 13.3 Å². The minimum atomic E-state index is -0.344. The summed E-state index contributed by atoms with van der Waals surface area (Å²) in [5, 5.41) is 3.02. The minimum absolute atomic E-state index is 0.344. The summed E-state index contributed by atoms with van der Waals surface area (Å²) in [6, 6.07) is 10.5. The smallest absolute Gasteiger partial charge is 0.159 e. The van der Waals surface area contributed by atoms with Gasteiger partial charge >= 0.3 is 0 Å². The van der Waals surface area contributed by atoms with Crippen molar-refractivity contribution in [3.8, 4) is 5.82 Å². The van der Waals surface area contributed by atoms with Gasteiger partial charge in [0, 0.05) is 18.2 Å². The van der Waals surface area contributed by atoms with Crippen LogP contribution in [0.4, 0.5) is 20.3 Å². The Labute approximate surface area is 148 Å². The first kappa shape index (κ1) is 16.1. The maximum absolute atomic E-state index is 13.7. The second kappa shape index (κ2) is 6.51. The zero-order valence-corrected chi connectivity index (χ0v) is 13.9. The van der Waals surface area contributed by atoms with Crippen LogP contribution in [0, 0.1) is 11.6 Å². The predicted octanol–water partition coefficient (Wildman–Crippen LogP) is 4.40. The number of anilines is 2. The van der Waals surface area contributed by atoms with E-state index in [2.05, 4.69) is 20.3 Å². The topological polar surface area (TPSA) is 55.6 Å². The van der Waals surface area contributed by atoms with E-state index in [4.69, 9.17) is 0 Å². The highest BCUT2D eigenvalue weighted by atomic mass is 19.1. The lowest BCUT2D eigenvalue weighted by Crippen LogP contribution is -2.05. The Kier molecular flexibility index (Phi) is 4.04. The van der Waals surface area contributed by atoms with Gasteiger partial charge in [0.15, 0.2) is 11.6 Å². The Morgan fingerprint density at radius 1 is 1.00 bits per heavy atom. The summed E-state index contributed by atoms with van der Waals surface area (Å²) in [6.07, 6.45) is 3.78. The van der Waals surface area contributed by atoms with Gasteiger partial charge < -0.3 is 5.32 Å². The third-order valence-electron chi connectivity index (χ3n) is 3.95. The highest BCUT2D eigenvalue weighted by Crippen LogP contribution is 2.23. The summed E-state index contributed by atoms with van der Waals surface area (Å²) in [5.41, 5.74) is 1.88. The number of imidazole rings is 1. The molecule has 7 heteroatoms. The van der Waals surface area contributed by atoms with Crippen molar-refractivity contribution in [2.24, 2.45) is 0 Å². The number of nitrogens with one attached hydrogen (secondary N) is 1. The van der Waals surface area contributed by atoms with Crippen molar-refractivity contribution < 1.29 is 8.78 Å². The molecular weight excluding hydrogens is 336 g/mol. The van der Waals surface area contributed by atoms with Gasteiger partial charge in [0.2, 0.25) is 0 Å². The highest BCUT2D eigenvalue weighted by Gasteiger charge is 2.14. The quantitative estimate of drug-likeness (QED) is 0.592. The van der Waals surface area contributed by atoms with Crippen molar-refractivity contribution in [3.05, 3.63) is 72.3 Å². The van der Waals surface area contributed by atoms with Crippen LogP contribution in [0.3, 0.4) is 0 Å². The van der Waals surface area contributed by atoms with Crippen LogP contribution >= 0.6 is 0 Å². The lowest BCUT2D eigenvalue weighted by atomic mass is 10.3. The molecule has 0 atom stereocenters. The molecule has 1 N–H and O–H groups in total. The fourth-order valence-electron chi connectivity index (χ4n) is 2.83. The second-order valence-electron chi connectivity index (χ2n) is 5.75. The summed E-state index contributed by atoms with van der Waals surface area (Å²) < 4.78 is 28.9. The Balaban J connectivity index is 1.79. The van der Waals surface area contributed by atoms with Crippen LogP contribution in [0.2, 0.25) is 0 Å². The minimum Gasteiger partial charge on any atom is -0.339 e. The molecule has 4 rings (SSSR count). The Morgan fingerprint density at radius 3 is 2.65 bits per heavy atom. The third kappa shape index (κ3) is 2.99. The molecule has 0 bridgehead atoms. The van der Waals surface area contributed by atoms with E-state index in [-0.39, 0.29) is 11.6 Å². The standard InChI is InChI=1S/C19H15F2N5/c1-2-18-24-15-7-6-13(21)9-16(15)26(18)19-11-22-10-17(25-19)23-14-5-3-4-12(20)8-14/h3-11H,2H2,1H3,(H,23,25). The van der Waals surface area contributed by atoms with E-state index in [1.165, 1.54) is 24.3 Å². The normalized spacial score (nSPS) is 11.0. The zero-order valence-electron chi connectivity index (χ0n) is 13.9. The van der Waals surface area contributed by atoms with Crippen LogP contribution in [-0.2, 0) is 6.42 Å². The fraction of sp³-hybridized carbons (Fsp3) is 0.105. The number of benzene rings is 2. The van der Waals surface area contributed by atoms with E-state index in [1.807, 2.05) is 6.92 Å². The molecule has 2 aromatic heterocycles. The molecule has 0 unspecified atom stereocenters. The number of halogens is 2. The number of fused-ring (bicyclic) bond motifs is 1. The zero-order chi connectivity index (χ0) is 18.1. The van der Waals surface area contributed by atoms with Gasteiger partial charge in [-0.3, -0.25) is 9.55 Å². The van der Waals surface area contributed by atoms with E-state index in [0.29, 0.717) is 34.8 Å². The van der Waals surface area contributed by atoms with Crippen LogP contribution in [0.5, 0.6) is 0 Å².